The van der Waals surface area contributed by atoms with E-state index in [0.717, 1.165) is 32.2 Å². The first-order chi connectivity index (χ1) is 10.7. The molecular weight excluding hydrogens is 308 g/mol. The zero-order valence-electron chi connectivity index (χ0n) is 15.0. The number of thiophene rings is 1. The third-order valence-electron chi connectivity index (χ3n) is 4.23. The van der Waals surface area contributed by atoms with Crippen molar-refractivity contribution in [3.8, 4) is 0 Å². The lowest BCUT2D eigenvalue weighted by atomic mass is 9.91. The maximum atomic E-state index is 11.8. The second kappa shape index (κ2) is 7.67. The van der Waals surface area contributed by atoms with Gasteiger partial charge in [0.25, 0.3) is 0 Å². The lowest BCUT2D eigenvalue weighted by Gasteiger charge is -2.30. The van der Waals surface area contributed by atoms with Gasteiger partial charge in [0.05, 0.1) is 0 Å². The Hall–Kier alpha value is -1.07. The minimum atomic E-state index is -0.431. The normalized spacial score (nSPS) is 22.0. The van der Waals surface area contributed by atoms with Crippen LogP contribution in [0.5, 0.6) is 0 Å². The van der Waals surface area contributed by atoms with Gasteiger partial charge in [0, 0.05) is 28.4 Å². The Morgan fingerprint density at radius 2 is 1.83 bits per heavy atom. The number of carbonyl (C=O) groups is 1. The molecule has 1 aliphatic rings. The van der Waals surface area contributed by atoms with E-state index < -0.39 is 5.60 Å². The summed E-state index contributed by atoms with van der Waals surface area (Å²) >= 11 is 1.88. The predicted octanol–water partition coefficient (Wildman–Crippen LogP) is 4.29. The van der Waals surface area contributed by atoms with Gasteiger partial charge in [-0.2, -0.15) is 0 Å². The molecule has 0 bridgehead atoms. The van der Waals surface area contributed by atoms with E-state index in [4.69, 9.17) is 4.74 Å². The van der Waals surface area contributed by atoms with Gasteiger partial charge >= 0.3 is 6.09 Å². The third kappa shape index (κ3) is 6.15. The van der Waals surface area contributed by atoms with Gasteiger partial charge in [0.2, 0.25) is 0 Å². The van der Waals surface area contributed by atoms with Crippen molar-refractivity contribution >= 4 is 17.4 Å². The van der Waals surface area contributed by atoms with Gasteiger partial charge in [-0.3, -0.25) is 0 Å². The molecule has 1 aromatic heterocycles. The first kappa shape index (κ1) is 18.3. The van der Waals surface area contributed by atoms with Crippen LogP contribution in [0.2, 0.25) is 0 Å². The zero-order chi connectivity index (χ0) is 17.0. The van der Waals surface area contributed by atoms with E-state index in [1.165, 1.54) is 15.3 Å². The average Bonchev–Trinajstić information content (AvgIpc) is 2.75. The minimum absolute atomic E-state index is 0.245. The number of rotatable bonds is 4. The number of amides is 1. The molecule has 2 N–H and O–H groups in total. The monoisotopic (exact) mass is 338 g/mol. The molecule has 0 aliphatic heterocycles. The van der Waals surface area contributed by atoms with Crippen LogP contribution in [-0.2, 0) is 11.3 Å². The molecule has 1 aliphatic carbocycles. The summed E-state index contributed by atoms with van der Waals surface area (Å²) in [5.74, 6) is 0. The average molecular weight is 339 g/mol. The summed E-state index contributed by atoms with van der Waals surface area (Å²) in [6, 6.07) is 3.08. The fourth-order valence-corrected chi connectivity index (χ4v) is 3.90. The van der Waals surface area contributed by atoms with Crippen LogP contribution in [0.3, 0.4) is 0 Å². The van der Waals surface area contributed by atoms with Crippen LogP contribution < -0.4 is 10.6 Å². The van der Waals surface area contributed by atoms with Gasteiger partial charge in [0.1, 0.15) is 5.60 Å². The summed E-state index contributed by atoms with van der Waals surface area (Å²) < 4.78 is 5.32. The highest BCUT2D eigenvalue weighted by atomic mass is 32.1. The molecule has 2 rings (SSSR count). The van der Waals surface area contributed by atoms with Gasteiger partial charge in [-0.25, -0.2) is 4.79 Å². The van der Waals surface area contributed by atoms with E-state index in [-0.39, 0.29) is 12.1 Å². The summed E-state index contributed by atoms with van der Waals surface area (Å²) in [5, 5.41) is 6.65. The van der Waals surface area contributed by atoms with Gasteiger partial charge in [-0.15, -0.1) is 11.3 Å². The van der Waals surface area contributed by atoms with Crippen LogP contribution in [0.25, 0.3) is 0 Å². The second-order valence-corrected chi connectivity index (χ2v) is 8.87. The maximum absolute atomic E-state index is 11.8. The molecule has 1 aromatic rings. The number of ether oxygens (including phenoxy) is 1. The molecule has 0 saturated heterocycles. The van der Waals surface area contributed by atoms with Crippen molar-refractivity contribution < 1.29 is 9.53 Å². The first-order valence-corrected chi connectivity index (χ1v) is 9.33. The third-order valence-corrected chi connectivity index (χ3v) is 5.38. The summed E-state index contributed by atoms with van der Waals surface area (Å²) in [6.07, 6.45) is 3.94. The van der Waals surface area contributed by atoms with E-state index in [0.29, 0.717) is 6.04 Å². The van der Waals surface area contributed by atoms with Crippen molar-refractivity contribution in [3.63, 3.8) is 0 Å². The van der Waals surface area contributed by atoms with Crippen LogP contribution in [-0.4, -0.2) is 23.8 Å². The van der Waals surface area contributed by atoms with Crippen molar-refractivity contribution in [1.82, 2.24) is 10.6 Å². The lowest BCUT2D eigenvalue weighted by Crippen LogP contribution is -2.43. The second-order valence-electron chi connectivity index (χ2n) is 7.53. The highest BCUT2D eigenvalue weighted by Gasteiger charge is 2.24. The summed E-state index contributed by atoms with van der Waals surface area (Å²) in [6.45, 7) is 11.0. The van der Waals surface area contributed by atoms with Crippen molar-refractivity contribution in [2.24, 2.45) is 0 Å². The Bertz CT molecular complexity index is 506. The van der Waals surface area contributed by atoms with E-state index >= 15 is 0 Å². The Kier molecular flexibility index (Phi) is 6.09. The number of alkyl carbamates (subject to hydrolysis) is 1. The molecule has 0 radical (unpaired) electrons. The van der Waals surface area contributed by atoms with E-state index in [9.17, 15) is 4.79 Å². The molecule has 4 nitrogen and oxygen atoms in total. The summed E-state index contributed by atoms with van der Waals surface area (Å²) in [7, 11) is 0. The maximum Gasteiger partial charge on any atom is 0.407 e. The number of carbonyl (C=O) groups excluding carboxylic acids is 1. The smallest absolute Gasteiger partial charge is 0.407 e. The topological polar surface area (TPSA) is 50.4 Å². The minimum Gasteiger partial charge on any atom is -0.444 e. The van der Waals surface area contributed by atoms with Crippen LogP contribution in [0.1, 0.15) is 61.8 Å². The van der Waals surface area contributed by atoms with Crippen molar-refractivity contribution in [2.45, 2.75) is 84.5 Å². The van der Waals surface area contributed by atoms with E-state index in [1.807, 2.05) is 32.1 Å². The lowest BCUT2D eigenvalue weighted by molar-refractivity contribution is 0.0490. The van der Waals surface area contributed by atoms with Crippen molar-refractivity contribution in [3.05, 3.63) is 21.4 Å². The van der Waals surface area contributed by atoms with Crippen LogP contribution in [0.4, 0.5) is 4.79 Å². The molecule has 0 unspecified atom stereocenters. The van der Waals surface area contributed by atoms with E-state index in [2.05, 4.69) is 30.5 Å². The first-order valence-electron chi connectivity index (χ1n) is 8.52. The Morgan fingerprint density at radius 1 is 1.22 bits per heavy atom. The molecule has 0 aromatic carbocycles. The molecule has 23 heavy (non-hydrogen) atoms. The number of aryl methyl sites for hydroxylation is 2. The summed E-state index contributed by atoms with van der Waals surface area (Å²) in [4.78, 5) is 14.6. The molecule has 130 valence electrons. The molecule has 1 fully saturated rings. The van der Waals surface area contributed by atoms with Crippen LogP contribution in [0.15, 0.2) is 6.07 Å². The zero-order valence-corrected chi connectivity index (χ0v) is 15.8. The SMILES string of the molecule is Cc1cc(CNC2CCC(NC(=O)OC(C)(C)C)CC2)sc1C. The molecular formula is C18H30N2O2S. The van der Waals surface area contributed by atoms with Gasteiger partial charge in [0.15, 0.2) is 0 Å². The molecule has 1 amide bonds. The number of hydrogen-bond donors (Lipinski definition) is 2. The molecule has 5 heteroatoms. The molecule has 1 saturated carbocycles. The van der Waals surface area contributed by atoms with Gasteiger partial charge in [-0.1, -0.05) is 0 Å². The molecule has 1 heterocycles. The molecule has 0 spiro atoms. The van der Waals surface area contributed by atoms with Crippen molar-refractivity contribution in [1.29, 1.82) is 0 Å². The van der Waals surface area contributed by atoms with Gasteiger partial charge in [-0.05, 0) is 71.9 Å². The van der Waals surface area contributed by atoms with Crippen molar-refractivity contribution in [2.75, 3.05) is 0 Å². The standard InChI is InChI=1S/C18H30N2O2S/c1-12-10-16(23-13(12)2)11-19-14-6-8-15(9-7-14)20-17(21)22-18(3,4)5/h10,14-15,19H,6-9,11H2,1-5H3,(H,20,21). The highest BCUT2D eigenvalue weighted by Crippen LogP contribution is 2.23. The number of hydrogen-bond acceptors (Lipinski definition) is 4. The van der Waals surface area contributed by atoms with Gasteiger partial charge < -0.3 is 15.4 Å². The largest absolute Gasteiger partial charge is 0.444 e. The summed E-state index contributed by atoms with van der Waals surface area (Å²) in [5.41, 5.74) is 0.955. The van der Waals surface area contributed by atoms with Crippen LogP contribution >= 0.6 is 11.3 Å². The number of nitrogens with one attached hydrogen (secondary N) is 2. The van der Waals surface area contributed by atoms with E-state index in [1.54, 1.807) is 0 Å². The Balaban J connectivity index is 1.68. The Morgan fingerprint density at radius 3 is 2.35 bits per heavy atom. The highest BCUT2D eigenvalue weighted by molar-refractivity contribution is 7.12. The quantitative estimate of drug-likeness (QED) is 0.861. The fraction of sp³-hybridized carbons (Fsp3) is 0.722. The fourth-order valence-electron chi connectivity index (χ4n) is 2.90. The predicted molar refractivity (Wildman–Crippen MR) is 96.0 cm³/mol. The van der Waals surface area contributed by atoms with Crippen LogP contribution in [0, 0.1) is 13.8 Å². The Labute approximate surface area is 144 Å². The molecule has 0 atom stereocenters.